The molecule has 0 unspecified atom stereocenters. The van der Waals surface area contributed by atoms with Crippen molar-refractivity contribution in [3.63, 3.8) is 0 Å². The van der Waals surface area contributed by atoms with Crippen LogP contribution in [0.15, 0.2) is 42.0 Å². The molecular formula is C27H38O3. The highest BCUT2D eigenvalue weighted by molar-refractivity contribution is 5.83. The number of rotatable bonds is 8. The van der Waals surface area contributed by atoms with Crippen molar-refractivity contribution in [3.05, 3.63) is 58.7 Å². The highest BCUT2D eigenvalue weighted by Crippen LogP contribution is 2.47. The molecule has 0 spiro atoms. The first-order valence-corrected chi connectivity index (χ1v) is 11.1. The standard InChI is InChI=1S/C27H38O3/c1-8-16-30-24-19-23-22(26(4,5)14-15-27(23,6)7)18-21(24)13-11-10-12-20(3)17-25(28)29-9-2/h10-13,17-19H,8-9,14-16H2,1-7H3. The smallest absolute Gasteiger partial charge is 0.330 e. The third-order valence-electron chi connectivity index (χ3n) is 5.82. The first kappa shape index (κ1) is 24.0. The lowest BCUT2D eigenvalue weighted by Gasteiger charge is -2.42. The average Bonchev–Trinajstić information content (AvgIpc) is 2.67. The molecule has 3 nitrogen and oxygen atoms in total. The topological polar surface area (TPSA) is 35.5 Å². The van der Waals surface area contributed by atoms with E-state index < -0.39 is 0 Å². The maximum absolute atomic E-state index is 11.5. The quantitative estimate of drug-likeness (QED) is 0.265. The Morgan fingerprint density at radius 1 is 1.03 bits per heavy atom. The fourth-order valence-corrected chi connectivity index (χ4v) is 3.86. The molecule has 0 fully saturated rings. The van der Waals surface area contributed by atoms with Crippen molar-refractivity contribution in [1.82, 2.24) is 0 Å². The third-order valence-corrected chi connectivity index (χ3v) is 5.82. The molecule has 0 amide bonds. The van der Waals surface area contributed by atoms with Gasteiger partial charge in [-0.25, -0.2) is 4.79 Å². The van der Waals surface area contributed by atoms with Crippen LogP contribution in [0.1, 0.15) is 84.4 Å². The monoisotopic (exact) mass is 410 g/mol. The van der Waals surface area contributed by atoms with Crippen LogP contribution in [0.25, 0.3) is 6.08 Å². The predicted octanol–water partition coefficient (Wildman–Crippen LogP) is 6.90. The number of hydrogen-bond acceptors (Lipinski definition) is 3. The summed E-state index contributed by atoms with van der Waals surface area (Å²) < 4.78 is 11.1. The Bertz CT molecular complexity index is 838. The van der Waals surface area contributed by atoms with Gasteiger partial charge < -0.3 is 9.47 Å². The van der Waals surface area contributed by atoms with Crippen LogP contribution in [-0.2, 0) is 20.4 Å². The molecule has 1 aromatic carbocycles. The van der Waals surface area contributed by atoms with E-state index in [1.807, 2.05) is 25.2 Å². The number of benzene rings is 1. The first-order valence-electron chi connectivity index (χ1n) is 11.1. The number of ether oxygens (including phenoxy) is 2. The summed E-state index contributed by atoms with van der Waals surface area (Å²) in [6.45, 7) is 16.3. The van der Waals surface area contributed by atoms with Crippen LogP contribution in [-0.4, -0.2) is 19.2 Å². The molecule has 0 atom stereocenters. The van der Waals surface area contributed by atoms with Gasteiger partial charge in [-0.3, -0.25) is 0 Å². The van der Waals surface area contributed by atoms with E-state index in [-0.39, 0.29) is 16.8 Å². The van der Waals surface area contributed by atoms with Gasteiger partial charge in [-0.15, -0.1) is 0 Å². The normalized spacial score (nSPS) is 17.9. The minimum Gasteiger partial charge on any atom is -0.493 e. The molecule has 164 valence electrons. The molecule has 0 bridgehead atoms. The summed E-state index contributed by atoms with van der Waals surface area (Å²) in [5, 5.41) is 0. The van der Waals surface area contributed by atoms with Gasteiger partial charge in [-0.05, 0) is 72.8 Å². The highest BCUT2D eigenvalue weighted by atomic mass is 16.5. The van der Waals surface area contributed by atoms with Gasteiger partial charge in [0, 0.05) is 11.6 Å². The predicted molar refractivity (Wildman–Crippen MR) is 126 cm³/mol. The van der Waals surface area contributed by atoms with E-state index in [9.17, 15) is 4.79 Å². The molecule has 0 saturated heterocycles. The van der Waals surface area contributed by atoms with Gasteiger partial charge in [0.1, 0.15) is 5.75 Å². The fraction of sp³-hybridized carbons (Fsp3) is 0.519. The summed E-state index contributed by atoms with van der Waals surface area (Å²) in [7, 11) is 0. The van der Waals surface area contributed by atoms with Gasteiger partial charge in [-0.1, -0.05) is 58.9 Å². The van der Waals surface area contributed by atoms with Crippen LogP contribution < -0.4 is 4.74 Å². The summed E-state index contributed by atoms with van der Waals surface area (Å²) in [5.41, 5.74) is 5.10. The second-order valence-corrected chi connectivity index (χ2v) is 9.41. The zero-order chi connectivity index (χ0) is 22.4. The Balaban J connectivity index is 2.35. The molecule has 0 N–H and O–H groups in total. The van der Waals surface area contributed by atoms with E-state index in [0.29, 0.717) is 13.2 Å². The lowest BCUT2D eigenvalue weighted by Crippen LogP contribution is -2.34. The van der Waals surface area contributed by atoms with Crippen molar-refractivity contribution in [2.24, 2.45) is 0 Å². The molecular weight excluding hydrogens is 372 g/mol. The van der Waals surface area contributed by atoms with Gasteiger partial charge in [0.25, 0.3) is 0 Å². The average molecular weight is 411 g/mol. The summed E-state index contributed by atoms with van der Waals surface area (Å²) >= 11 is 0. The highest BCUT2D eigenvalue weighted by Gasteiger charge is 2.37. The molecule has 0 heterocycles. The van der Waals surface area contributed by atoms with Gasteiger partial charge in [0.05, 0.1) is 13.2 Å². The number of esters is 1. The van der Waals surface area contributed by atoms with Crippen molar-refractivity contribution < 1.29 is 14.3 Å². The minimum atomic E-state index is -0.307. The number of hydrogen-bond donors (Lipinski definition) is 0. The number of allylic oxidation sites excluding steroid dienone is 4. The Morgan fingerprint density at radius 3 is 2.27 bits per heavy atom. The minimum absolute atomic E-state index is 0.158. The summed E-state index contributed by atoms with van der Waals surface area (Å²) in [5.74, 6) is 0.642. The van der Waals surface area contributed by atoms with Crippen LogP contribution in [0.2, 0.25) is 0 Å². The summed E-state index contributed by atoms with van der Waals surface area (Å²) in [4.78, 5) is 11.5. The van der Waals surface area contributed by atoms with E-state index in [4.69, 9.17) is 9.47 Å². The van der Waals surface area contributed by atoms with Crippen molar-refractivity contribution in [1.29, 1.82) is 0 Å². The maximum Gasteiger partial charge on any atom is 0.330 e. The zero-order valence-corrected chi connectivity index (χ0v) is 19.8. The third kappa shape index (κ3) is 6.10. The van der Waals surface area contributed by atoms with Gasteiger partial charge in [-0.2, -0.15) is 0 Å². The maximum atomic E-state index is 11.5. The molecule has 0 aromatic heterocycles. The molecule has 2 rings (SSSR count). The molecule has 30 heavy (non-hydrogen) atoms. The Hall–Kier alpha value is -2.29. The van der Waals surface area contributed by atoms with Gasteiger partial charge >= 0.3 is 5.97 Å². The van der Waals surface area contributed by atoms with Crippen LogP contribution in [0, 0.1) is 0 Å². The second-order valence-electron chi connectivity index (χ2n) is 9.41. The van der Waals surface area contributed by atoms with Gasteiger partial charge in [0.2, 0.25) is 0 Å². The second kappa shape index (κ2) is 10.1. The van der Waals surface area contributed by atoms with Crippen molar-refractivity contribution in [2.75, 3.05) is 13.2 Å². The molecule has 0 aliphatic heterocycles. The molecule has 1 aliphatic carbocycles. The van der Waals surface area contributed by atoms with Crippen molar-refractivity contribution >= 4 is 12.0 Å². The lowest BCUT2D eigenvalue weighted by molar-refractivity contribution is -0.137. The first-order chi connectivity index (χ1) is 14.1. The molecule has 3 heteroatoms. The molecule has 1 aromatic rings. The van der Waals surface area contributed by atoms with E-state index in [1.54, 1.807) is 6.92 Å². The van der Waals surface area contributed by atoms with E-state index in [1.165, 1.54) is 30.0 Å². The summed E-state index contributed by atoms with van der Waals surface area (Å²) in [6, 6.07) is 4.58. The Kier molecular flexibility index (Phi) is 8.11. The Morgan fingerprint density at radius 2 is 1.67 bits per heavy atom. The fourth-order valence-electron chi connectivity index (χ4n) is 3.86. The van der Waals surface area contributed by atoms with Crippen LogP contribution in [0.5, 0.6) is 5.75 Å². The van der Waals surface area contributed by atoms with E-state index >= 15 is 0 Å². The Labute approximate surface area is 182 Å². The van der Waals surface area contributed by atoms with Gasteiger partial charge in [0.15, 0.2) is 0 Å². The van der Waals surface area contributed by atoms with Crippen LogP contribution in [0.4, 0.5) is 0 Å². The SMILES string of the molecule is CCCOc1cc2c(cc1C=CC=CC(C)=CC(=O)OCC)C(C)(C)CCC2(C)C. The number of carbonyl (C=O) groups excluding carboxylic acids is 1. The van der Waals surface area contributed by atoms with E-state index in [2.05, 4.69) is 52.8 Å². The van der Waals surface area contributed by atoms with Crippen LogP contribution in [0.3, 0.4) is 0 Å². The molecule has 0 saturated carbocycles. The largest absolute Gasteiger partial charge is 0.493 e. The number of carbonyl (C=O) groups is 1. The van der Waals surface area contributed by atoms with E-state index in [0.717, 1.165) is 23.3 Å². The van der Waals surface area contributed by atoms with Crippen molar-refractivity contribution in [3.8, 4) is 5.75 Å². The summed E-state index contributed by atoms with van der Waals surface area (Å²) in [6.07, 6.45) is 12.8. The van der Waals surface area contributed by atoms with Crippen LogP contribution >= 0.6 is 0 Å². The molecule has 1 aliphatic rings. The number of fused-ring (bicyclic) bond motifs is 1. The zero-order valence-electron chi connectivity index (χ0n) is 19.8. The lowest BCUT2D eigenvalue weighted by atomic mass is 9.63. The van der Waals surface area contributed by atoms with Crippen molar-refractivity contribution in [2.45, 2.75) is 78.6 Å². The molecule has 0 radical (unpaired) electrons.